The molecule has 3 unspecified atom stereocenters. The van der Waals surface area contributed by atoms with E-state index in [9.17, 15) is 0 Å². The van der Waals surface area contributed by atoms with Gasteiger partial charge in [-0.15, -0.1) is 0 Å². The zero-order chi connectivity index (χ0) is 12.5. The highest BCUT2D eigenvalue weighted by atomic mass is 15.2. The van der Waals surface area contributed by atoms with Crippen LogP contribution in [0.2, 0.25) is 0 Å². The van der Waals surface area contributed by atoms with Crippen LogP contribution in [-0.4, -0.2) is 24.0 Å². The molecule has 0 amide bonds. The summed E-state index contributed by atoms with van der Waals surface area (Å²) in [6.07, 6.45) is 5.24. The van der Waals surface area contributed by atoms with Crippen molar-refractivity contribution in [2.24, 2.45) is 11.7 Å². The van der Waals surface area contributed by atoms with E-state index in [1.54, 1.807) is 11.1 Å². The molecule has 98 valence electrons. The van der Waals surface area contributed by atoms with Crippen molar-refractivity contribution in [2.75, 3.05) is 13.1 Å². The molecule has 3 atom stereocenters. The van der Waals surface area contributed by atoms with Crippen molar-refractivity contribution in [2.45, 2.75) is 44.7 Å². The lowest BCUT2D eigenvalue weighted by Gasteiger charge is -2.28. The largest absolute Gasteiger partial charge is 0.326 e. The molecule has 1 aliphatic heterocycles. The molecule has 0 spiro atoms. The molecule has 0 radical (unpaired) electrons. The van der Waals surface area contributed by atoms with Crippen LogP contribution in [0.15, 0.2) is 24.3 Å². The summed E-state index contributed by atoms with van der Waals surface area (Å²) in [5, 5.41) is 0. The Hall–Kier alpha value is -0.860. The van der Waals surface area contributed by atoms with E-state index in [4.69, 9.17) is 5.73 Å². The number of likely N-dealkylation sites (tertiary alicyclic amines) is 1. The van der Waals surface area contributed by atoms with Crippen molar-refractivity contribution >= 4 is 0 Å². The van der Waals surface area contributed by atoms with Crippen molar-refractivity contribution in [3.63, 3.8) is 0 Å². The van der Waals surface area contributed by atoms with Crippen LogP contribution < -0.4 is 5.73 Å². The van der Waals surface area contributed by atoms with Crippen LogP contribution in [0.5, 0.6) is 0 Å². The van der Waals surface area contributed by atoms with Gasteiger partial charge in [-0.2, -0.15) is 0 Å². The van der Waals surface area contributed by atoms with Crippen LogP contribution in [-0.2, 0) is 6.42 Å². The third-order valence-electron chi connectivity index (χ3n) is 4.73. The highest BCUT2D eigenvalue weighted by Crippen LogP contribution is 2.35. The third kappa shape index (κ3) is 2.19. The van der Waals surface area contributed by atoms with E-state index in [0.29, 0.717) is 18.0 Å². The lowest BCUT2D eigenvalue weighted by molar-refractivity contribution is 0.224. The van der Waals surface area contributed by atoms with Crippen LogP contribution >= 0.6 is 0 Å². The second kappa shape index (κ2) is 5.02. The van der Waals surface area contributed by atoms with Gasteiger partial charge in [-0.3, -0.25) is 4.90 Å². The SMILES string of the molecule is CC1CN(C2CCCCc3ccccc32)CC1N. The molecule has 1 saturated heterocycles. The first-order valence-corrected chi connectivity index (χ1v) is 7.33. The Morgan fingerprint density at radius 1 is 1.17 bits per heavy atom. The fraction of sp³-hybridized carbons (Fsp3) is 0.625. The zero-order valence-corrected chi connectivity index (χ0v) is 11.3. The van der Waals surface area contributed by atoms with Gasteiger partial charge in [0.1, 0.15) is 0 Å². The summed E-state index contributed by atoms with van der Waals surface area (Å²) >= 11 is 0. The molecule has 2 aliphatic rings. The molecule has 0 saturated carbocycles. The minimum atomic E-state index is 0.361. The smallest absolute Gasteiger partial charge is 0.0351 e. The number of aryl methyl sites for hydroxylation is 1. The Kier molecular flexibility index (Phi) is 3.40. The summed E-state index contributed by atoms with van der Waals surface area (Å²) in [4.78, 5) is 2.62. The molecule has 1 fully saturated rings. The first-order chi connectivity index (χ1) is 8.75. The van der Waals surface area contributed by atoms with Crippen molar-refractivity contribution < 1.29 is 0 Å². The van der Waals surface area contributed by atoms with E-state index < -0.39 is 0 Å². The van der Waals surface area contributed by atoms with Gasteiger partial charge in [0.25, 0.3) is 0 Å². The van der Waals surface area contributed by atoms with Crippen LogP contribution in [0, 0.1) is 5.92 Å². The van der Waals surface area contributed by atoms with Crippen molar-refractivity contribution in [1.82, 2.24) is 4.90 Å². The average Bonchev–Trinajstić information content (AvgIpc) is 2.62. The number of benzene rings is 1. The fourth-order valence-electron chi connectivity index (χ4n) is 3.56. The van der Waals surface area contributed by atoms with Gasteiger partial charge < -0.3 is 5.73 Å². The van der Waals surface area contributed by atoms with Crippen LogP contribution in [0.25, 0.3) is 0 Å². The lowest BCUT2D eigenvalue weighted by atomic mass is 9.98. The van der Waals surface area contributed by atoms with E-state index in [-0.39, 0.29) is 0 Å². The zero-order valence-electron chi connectivity index (χ0n) is 11.3. The number of rotatable bonds is 1. The second-order valence-electron chi connectivity index (χ2n) is 6.06. The van der Waals surface area contributed by atoms with Crippen LogP contribution in [0.4, 0.5) is 0 Å². The summed E-state index contributed by atoms with van der Waals surface area (Å²) in [6, 6.07) is 9.99. The Balaban J connectivity index is 1.88. The Bertz CT molecular complexity index is 405. The summed E-state index contributed by atoms with van der Waals surface area (Å²) < 4.78 is 0. The molecule has 2 heteroatoms. The molecule has 18 heavy (non-hydrogen) atoms. The first-order valence-electron chi connectivity index (χ1n) is 7.33. The van der Waals surface area contributed by atoms with E-state index in [2.05, 4.69) is 36.1 Å². The monoisotopic (exact) mass is 244 g/mol. The standard InChI is InChI=1S/C16H24N2/c1-12-10-18(11-15(12)17)16-9-5-3-7-13-6-2-4-8-14(13)16/h2,4,6,8,12,15-16H,3,5,7,9-11,17H2,1H3. The number of nitrogens with zero attached hydrogens (tertiary/aromatic N) is 1. The summed E-state index contributed by atoms with van der Waals surface area (Å²) in [6.45, 7) is 4.52. The number of hydrogen-bond acceptors (Lipinski definition) is 2. The number of hydrogen-bond donors (Lipinski definition) is 1. The second-order valence-corrected chi connectivity index (χ2v) is 6.06. The van der Waals surface area contributed by atoms with Crippen LogP contribution in [0.1, 0.15) is 43.4 Å². The minimum Gasteiger partial charge on any atom is -0.326 e. The quantitative estimate of drug-likeness (QED) is 0.770. The van der Waals surface area contributed by atoms with Crippen molar-refractivity contribution in [1.29, 1.82) is 0 Å². The van der Waals surface area contributed by atoms with E-state index in [1.165, 1.54) is 32.2 Å². The number of nitrogens with two attached hydrogens (primary N) is 1. The van der Waals surface area contributed by atoms with Gasteiger partial charge in [-0.1, -0.05) is 37.6 Å². The summed E-state index contributed by atoms with van der Waals surface area (Å²) in [5.74, 6) is 0.639. The predicted octanol–water partition coefficient (Wildman–Crippen LogP) is 2.73. The third-order valence-corrected chi connectivity index (χ3v) is 4.73. The maximum Gasteiger partial charge on any atom is 0.0351 e. The van der Waals surface area contributed by atoms with Gasteiger partial charge >= 0.3 is 0 Å². The Morgan fingerprint density at radius 3 is 2.78 bits per heavy atom. The fourth-order valence-corrected chi connectivity index (χ4v) is 3.56. The molecule has 0 bridgehead atoms. The molecule has 3 rings (SSSR count). The molecule has 1 aromatic rings. The van der Waals surface area contributed by atoms with Gasteiger partial charge in [0.15, 0.2) is 0 Å². The number of fused-ring (bicyclic) bond motifs is 1. The predicted molar refractivity (Wildman–Crippen MR) is 75.5 cm³/mol. The average molecular weight is 244 g/mol. The lowest BCUT2D eigenvalue weighted by Crippen LogP contribution is -2.30. The van der Waals surface area contributed by atoms with Crippen LogP contribution in [0.3, 0.4) is 0 Å². The van der Waals surface area contributed by atoms with Crippen molar-refractivity contribution in [3.05, 3.63) is 35.4 Å². The molecule has 1 aliphatic carbocycles. The van der Waals surface area contributed by atoms with Gasteiger partial charge in [-0.25, -0.2) is 0 Å². The van der Waals surface area contributed by atoms with Gasteiger partial charge in [0.2, 0.25) is 0 Å². The van der Waals surface area contributed by atoms with E-state index in [0.717, 1.165) is 6.54 Å². The molecular formula is C16H24N2. The molecule has 1 aromatic carbocycles. The Morgan fingerprint density at radius 2 is 2.00 bits per heavy atom. The van der Waals surface area contributed by atoms with Gasteiger partial charge in [0, 0.05) is 25.2 Å². The molecular weight excluding hydrogens is 220 g/mol. The Labute approximate surface area is 110 Å². The minimum absolute atomic E-state index is 0.361. The van der Waals surface area contributed by atoms with Crippen molar-refractivity contribution in [3.8, 4) is 0 Å². The maximum atomic E-state index is 6.19. The summed E-state index contributed by atoms with van der Waals surface area (Å²) in [7, 11) is 0. The highest BCUT2D eigenvalue weighted by Gasteiger charge is 2.33. The normalized spacial score (nSPS) is 33.1. The van der Waals surface area contributed by atoms with E-state index >= 15 is 0 Å². The highest BCUT2D eigenvalue weighted by molar-refractivity contribution is 5.31. The summed E-state index contributed by atoms with van der Waals surface area (Å²) in [5.41, 5.74) is 9.32. The topological polar surface area (TPSA) is 29.3 Å². The van der Waals surface area contributed by atoms with Gasteiger partial charge in [0.05, 0.1) is 0 Å². The molecule has 1 heterocycles. The molecule has 2 nitrogen and oxygen atoms in total. The van der Waals surface area contributed by atoms with E-state index in [1.807, 2.05) is 0 Å². The maximum absolute atomic E-state index is 6.19. The molecule has 0 aromatic heterocycles. The molecule has 2 N–H and O–H groups in total. The first kappa shape index (κ1) is 12.2. The van der Waals surface area contributed by atoms with Gasteiger partial charge in [-0.05, 0) is 36.3 Å².